The van der Waals surface area contributed by atoms with Crippen LogP contribution in [0.2, 0.25) is 0 Å². The highest BCUT2D eigenvalue weighted by atomic mass is 32.1. The summed E-state index contributed by atoms with van der Waals surface area (Å²) in [5.74, 6) is 0. The SMILES string of the molecule is Cc1sc2cc3sc(C)c(C)c3cc2c1C. The van der Waals surface area contributed by atoms with Crippen molar-refractivity contribution in [3.8, 4) is 0 Å². The number of rotatable bonds is 0. The first kappa shape index (κ1) is 10.3. The van der Waals surface area contributed by atoms with Crippen molar-refractivity contribution in [2.45, 2.75) is 27.7 Å². The molecule has 0 unspecified atom stereocenters. The lowest BCUT2D eigenvalue weighted by atomic mass is 10.1. The topological polar surface area (TPSA) is 0 Å². The van der Waals surface area contributed by atoms with Gasteiger partial charge in [-0.05, 0) is 61.7 Å². The zero-order valence-electron chi connectivity index (χ0n) is 9.97. The van der Waals surface area contributed by atoms with Crippen molar-refractivity contribution in [2.24, 2.45) is 0 Å². The van der Waals surface area contributed by atoms with Crippen molar-refractivity contribution < 1.29 is 0 Å². The summed E-state index contributed by atoms with van der Waals surface area (Å²) in [4.78, 5) is 2.89. The van der Waals surface area contributed by atoms with Crippen LogP contribution < -0.4 is 0 Å². The summed E-state index contributed by atoms with van der Waals surface area (Å²) >= 11 is 3.83. The first-order valence-electron chi connectivity index (χ1n) is 5.47. The molecule has 0 radical (unpaired) electrons. The van der Waals surface area contributed by atoms with Crippen molar-refractivity contribution in [3.05, 3.63) is 33.0 Å². The molecule has 16 heavy (non-hydrogen) atoms. The van der Waals surface area contributed by atoms with E-state index in [9.17, 15) is 0 Å². The molecule has 0 aliphatic rings. The van der Waals surface area contributed by atoms with E-state index in [1.54, 1.807) is 0 Å². The minimum absolute atomic E-state index is 1.43. The highest BCUT2D eigenvalue weighted by Crippen LogP contribution is 2.38. The Kier molecular flexibility index (Phi) is 2.13. The van der Waals surface area contributed by atoms with Crippen LogP contribution in [-0.4, -0.2) is 0 Å². The standard InChI is InChI=1S/C14H14S2/c1-7-9(3)15-13-6-14-12(5-11(7)13)8(2)10(4)16-14/h5-6H,1-4H3. The summed E-state index contributed by atoms with van der Waals surface area (Å²) in [5, 5.41) is 2.88. The second-order valence-corrected chi connectivity index (χ2v) is 6.92. The third kappa shape index (κ3) is 1.26. The molecule has 0 saturated carbocycles. The van der Waals surface area contributed by atoms with E-state index in [1.807, 2.05) is 22.7 Å². The van der Waals surface area contributed by atoms with Gasteiger partial charge in [-0.1, -0.05) is 0 Å². The second-order valence-electron chi connectivity index (χ2n) is 4.41. The lowest BCUT2D eigenvalue weighted by Gasteiger charge is -1.95. The number of benzene rings is 1. The molecule has 2 heteroatoms. The van der Waals surface area contributed by atoms with Gasteiger partial charge >= 0.3 is 0 Å². The van der Waals surface area contributed by atoms with Gasteiger partial charge in [0.2, 0.25) is 0 Å². The van der Waals surface area contributed by atoms with Crippen molar-refractivity contribution in [2.75, 3.05) is 0 Å². The van der Waals surface area contributed by atoms with E-state index in [4.69, 9.17) is 0 Å². The van der Waals surface area contributed by atoms with Gasteiger partial charge in [-0.3, -0.25) is 0 Å². The fourth-order valence-electron chi connectivity index (χ4n) is 2.18. The van der Waals surface area contributed by atoms with Crippen molar-refractivity contribution in [3.63, 3.8) is 0 Å². The van der Waals surface area contributed by atoms with Crippen LogP contribution in [0, 0.1) is 27.7 Å². The van der Waals surface area contributed by atoms with E-state index in [1.165, 1.54) is 41.1 Å². The Morgan fingerprint density at radius 2 is 1.12 bits per heavy atom. The summed E-state index contributed by atoms with van der Waals surface area (Å²) < 4.78 is 2.87. The van der Waals surface area contributed by atoms with Crippen LogP contribution in [0.25, 0.3) is 20.2 Å². The lowest BCUT2D eigenvalue weighted by molar-refractivity contribution is 1.46. The zero-order chi connectivity index (χ0) is 11.4. The number of hydrogen-bond acceptors (Lipinski definition) is 2. The Hall–Kier alpha value is -0.860. The highest BCUT2D eigenvalue weighted by molar-refractivity contribution is 7.21. The summed E-state index contributed by atoms with van der Waals surface area (Å²) in [7, 11) is 0. The largest absolute Gasteiger partial charge is 0.140 e. The quantitative estimate of drug-likeness (QED) is 0.501. The average molecular weight is 246 g/mol. The minimum Gasteiger partial charge on any atom is -0.140 e. The molecular formula is C14H14S2. The summed E-state index contributed by atoms with van der Waals surface area (Å²) in [5.41, 5.74) is 2.90. The van der Waals surface area contributed by atoms with E-state index < -0.39 is 0 Å². The van der Waals surface area contributed by atoms with E-state index in [-0.39, 0.29) is 0 Å². The normalized spacial score (nSPS) is 11.8. The molecule has 0 saturated heterocycles. The van der Waals surface area contributed by atoms with Gasteiger partial charge in [-0.25, -0.2) is 0 Å². The molecule has 0 amide bonds. The minimum atomic E-state index is 1.43. The fraction of sp³-hybridized carbons (Fsp3) is 0.286. The van der Waals surface area contributed by atoms with Crippen molar-refractivity contribution in [1.29, 1.82) is 0 Å². The van der Waals surface area contributed by atoms with Crippen LogP contribution in [-0.2, 0) is 0 Å². The average Bonchev–Trinajstić information content (AvgIpc) is 2.66. The molecule has 3 rings (SSSR count). The van der Waals surface area contributed by atoms with Gasteiger partial charge in [-0.15, -0.1) is 22.7 Å². The maximum Gasteiger partial charge on any atom is 0.0362 e. The van der Waals surface area contributed by atoms with Gasteiger partial charge in [0.05, 0.1) is 0 Å². The molecule has 1 aromatic carbocycles. The first-order valence-corrected chi connectivity index (χ1v) is 7.10. The van der Waals surface area contributed by atoms with Gasteiger partial charge in [0.15, 0.2) is 0 Å². The van der Waals surface area contributed by atoms with Crippen LogP contribution in [0.15, 0.2) is 12.1 Å². The predicted molar refractivity (Wildman–Crippen MR) is 76.2 cm³/mol. The van der Waals surface area contributed by atoms with Crippen LogP contribution in [0.3, 0.4) is 0 Å². The first-order chi connectivity index (χ1) is 7.58. The molecule has 2 heterocycles. The fourth-order valence-corrected chi connectivity index (χ4v) is 4.44. The lowest BCUT2D eigenvalue weighted by Crippen LogP contribution is -1.73. The Morgan fingerprint density at radius 1 is 0.688 bits per heavy atom. The number of hydrogen-bond donors (Lipinski definition) is 0. The zero-order valence-corrected chi connectivity index (χ0v) is 11.6. The molecule has 0 N–H and O–H groups in total. The van der Waals surface area contributed by atoms with E-state index in [0.717, 1.165) is 0 Å². The molecule has 82 valence electrons. The van der Waals surface area contributed by atoms with Crippen molar-refractivity contribution >= 4 is 42.8 Å². The smallest absolute Gasteiger partial charge is 0.0362 e. The summed E-state index contributed by atoms with van der Waals surface area (Å²) in [6.45, 7) is 8.89. The molecule has 2 aromatic heterocycles. The van der Waals surface area contributed by atoms with E-state index in [2.05, 4.69) is 39.8 Å². The van der Waals surface area contributed by atoms with Crippen LogP contribution in [0.5, 0.6) is 0 Å². The highest BCUT2D eigenvalue weighted by Gasteiger charge is 2.10. The van der Waals surface area contributed by atoms with Crippen LogP contribution >= 0.6 is 22.7 Å². The molecule has 0 spiro atoms. The number of thiophene rings is 2. The molecule has 3 aromatic rings. The molecule has 0 fully saturated rings. The molecular weight excluding hydrogens is 232 g/mol. The molecule has 0 aliphatic carbocycles. The van der Waals surface area contributed by atoms with Crippen molar-refractivity contribution in [1.82, 2.24) is 0 Å². The summed E-state index contributed by atoms with van der Waals surface area (Å²) in [6, 6.07) is 4.74. The maximum absolute atomic E-state index is 2.38. The Morgan fingerprint density at radius 3 is 1.56 bits per heavy atom. The van der Waals surface area contributed by atoms with Gasteiger partial charge < -0.3 is 0 Å². The maximum atomic E-state index is 2.38. The van der Waals surface area contributed by atoms with Crippen LogP contribution in [0.4, 0.5) is 0 Å². The van der Waals surface area contributed by atoms with E-state index >= 15 is 0 Å². The van der Waals surface area contributed by atoms with Gasteiger partial charge in [0.25, 0.3) is 0 Å². The molecule has 0 bridgehead atoms. The van der Waals surface area contributed by atoms with Gasteiger partial charge in [0.1, 0.15) is 0 Å². The number of fused-ring (bicyclic) bond motifs is 2. The third-order valence-electron chi connectivity index (χ3n) is 3.47. The Labute approximate surface area is 104 Å². The Bertz CT molecular complexity index is 641. The monoisotopic (exact) mass is 246 g/mol. The Balaban J connectivity index is 2.53. The van der Waals surface area contributed by atoms with Gasteiger partial charge in [0, 0.05) is 19.2 Å². The molecule has 0 aliphatic heterocycles. The van der Waals surface area contributed by atoms with Crippen LogP contribution in [0.1, 0.15) is 20.9 Å². The second kappa shape index (κ2) is 3.31. The van der Waals surface area contributed by atoms with E-state index in [0.29, 0.717) is 0 Å². The summed E-state index contributed by atoms with van der Waals surface area (Å²) in [6.07, 6.45) is 0. The predicted octanol–water partition coefficient (Wildman–Crippen LogP) is 5.35. The third-order valence-corrected chi connectivity index (χ3v) is 5.81. The molecule has 0 atom stereocenters. The number of aryl methyl sites for hydroxylation is 4. The molecule has 0 nitrogen and oxygen atoms in total. The van der Waals surface area contributed by atoms with Gasteiger partial charge in [-0.2, -0.15) is 0 Å².